The Balaban J connectivity index is 1.29. The maximum Gasteiger partial charge on any atom is 0.251 e. The van der Waals surface area contributed by atoms with Crippen LogP contribution in [0.15, 0.2) is 48.5 Å². The van der Waals surface area contributed by atoms with E-state index in [9.17, 15) is 9.59 Å². The van der Waals surface area contributed by atoms with Crippen LogP contribution in [0.25, 0.3) is 0 Å². The van der Waals surface area contributed by atoms with E-state index in [1.165, 1.54) is 5.56 Å². The normalized spacial score (nSPS) is 18.2. The van der Waals surface area contributed by atoms with Gasteiger partial charge in [0.15, 0.2) is 0 Å². The van der Waals surface area contributed by atoms with Crippen LogP contribution in [-0.4, -0.2) is 44.2 Å². The number of nitrogens with one attached hydrogen (secondary N) is 2. The van der Waals surface area contributed by atoms with Gasteiger partial charge in [0.25, 0.3) is 5.91 Å². The Morgan fingerprint density at radius 3 is 2.69 bits per heavy atom. The number of carbonyl (C=O) groups is 2. The number of fused-ring (bicyclic) bond motifs is 1. The second kappa shape index (κ2) is 9.09. The molecule has 1 atom stereocenters. The molecule has 2 heterocycles. The van der Waals surface area contributed by atoms with Crippen molar-refractivity contribution in [1.82, 2.24) is 5.32 Å². The zero-order valence-corrected chi connectivity index (χ0v) is 16.5. The third kappa shape index (κ3) is 4.77. The number of aryl methyl sites for hydroxylation is 1. The number of ether oxygens (including phenoxy) is 1. The second-order valence-corrected chi connectivity index (χ2v) is 7.55. The molecule has 1 saturated heterocycles. The first kappa shape index (κ1) is 19.5. The molecule has 1 unspecified atom stereocenters. The van der Waals surface area contributed by atoms with Gasteiger partial charge in [-0.15, -0.1) is 0 Å². The van der Waals surface area contributed by atoms with Gasteiger partial charge in [-0.05, 0) is 61.6 Å². The van der Waals surface area contributed by atoms with Gasteiger partial charge < -0.3 is 20.3 Å². The highest BCUT2D eigenvalue weighted by atomic mass is 16.5. The molecular formula is C23H27N3O3. The summed E-state index contributed by atoms with van der Waals surface area (Å²) in [5, 5.41) is 6.09. The highest BCUT2D eigenvalue weighted by molar-refractivity contribution is 5.97. The van der Waals surface area contributed by atoms with E-state index < -0.39 is 0 Å². The smallest absolute Gasteiger partial charge is 0.251 e. The SMILES string of the molecule is O=C(NCC1CCCO1)c1ccc(NCC(=O)N2CCCc3ccccc32)cc1. The molecular weight excluding hydrogens is 366 g/mol. The number of benzene rings is 2. The van der Waals surface area contributed by atoms with Crippen LogP contribution in [0.1, 0.15) is 35.2 Å². The molecule has 0 radical (unpaired) electrons. The zero-order chi connectivity index (χ0) is 20.1. The standard InChI is InChI=1S/C23H27N3O3/c27-22(26-13-3-6-17-5-1-2-8-21(17)26)16-24-19-11-9-18(10-12-19)23(28)25-15-20-7-4-14-29-20/h1-2,5,8-12,20,24H,3-4,6-7,13-16H2,(H,25,28). The van der Waals surface area contributed by atoms with E-state index in [-0.39, 0.29) is 24.5 Å². The van der Waals surface area contributed by atoms with Crippen molar-refractivity contribution in [3.05, 3.63) is 59.7 Å². The van der Waals surface area contributed by atoms with Gasteiger partial charge in [0.05, 0.1) is 12.6 Å². The molecule has 2 N–H and O–H groups in total. The first-order valence-electron chi connectivity index (χ1n) is 10.3. The minimum atomic E-state index is -0.104. The van der Waals surface area contributed by atoms with Crippen LogP contribution in [0, 0.1) is 0 Å². The van der Waals surface area contributed by atoms with E-state index in [2.05, 4.69) is 16.7 Å². The van der Waals surface area contributed by atoms with Crippen molar-refractivity contribution >= 4 is 23.2 Å². The maximum atomic E-state index is 12.7. The fourth-order valence-electron chi connectivity index (χ4n) is 3.92. The van der Waals surface area contributed by atoms with Gasteiger partial charge in [-0.1, -0.05) is 18.2 Å². The highest BCUT2D eigenvalue weighted by Crippen LogP contribution is 2.26. The van der Waals surface area contributed by atoms with Crippen molar-refractivity contribution in [2.45, 2.75) is 31.8 Å². The molecule has 6 heteroatoms. The van der Waals surface area contributed by atoms with Crippen LogP contribution in [0.5, 0.6) is 0 Å². The molecule has 29 heavy (non-hydrogen) atoms. The van der Waals surface area contributed by atoms with E-state index in [0.717, 1.165) is 50.2 Å². The number of para-hydroxylation sites is 1. The molecule has 2 amide bonds. The van der Waals surface area contributed by atoms with Crippen LogP contribution in [0.3, 0.4) is 0 Å². The first-order chi connectivity index (χ1) is 14.2. The predicted molar refractivity (Wildman–Crippen MR) is 113 cm³/mol. The Morgan fingerprint density at radius 1 is 1.07 bits per heavy atom. The van der Waals surface area contributed by atoms with E-state index in [1.54, 1.807) is 12.1 Å². The highest BCUT2D eigenvalue weighted by Gasteiger charge is 2.21. The predicted octanol–water partition coefficient (Wildman–Crippen LogP) is 2.99. The van der Waals surface area contributed by atoms with Gasteiger partial charge in [-0.25, -0.2) is 0 Å². The van der Waals surface area contributed by atoms with Gasteiger partial charge in [-0.2, -0.15) is 0 Å². The Morgan fingerprint density at radius 2 is 1.90 bits per heavy atom. The lowest BCUT2D eigenvalue weighted by Crippen LogP contribution is -2.39. The van der Waals surface area contributed by atoms with Gasteiger partial charge in [-0.3, -0.25) is 9.59 Å². The lowest BCUT2D eigenvalue weighted by molar-refractivity contribution is -0.117. The van der Waals surface area contributed by atoms with Crippen molar-refractivity contribution in [2.75, 3.05) is 36.5 Å². The number of nitrogens with zero attached hydrogens (tertiary/aromatic N) is 1. The van der Waals surface area contributed by atoms with E-state index in [4.69, 9.17) is 4.74 Å². The van der Waals surface area contributed by atoms with E-state index in [1.807, 2.05) is 35.2 Å². The average Bonchev–Trinajstić information content (AvgIpc) is 3.29. The number of anilines is 2. The summed E-state index contributed by atoms with van der Waals surface area (Å²) < 4.78 is 5.52. The second-order valence-electron chi connectivity index (χ2n) is 7.55. The molecule has 0 spiro atoms. The summed E-state index contributed by atoms with van der Waals surface area (Å²) in [6.07, 6.45) is 4.19. The van der Waals surface area contributed by atoms with Crippen molar-refractivity contribution in [3.8, 4) is 0 Å². The number of hydrogen-bond donors (Lipinski definition) is 2. The molecule has 2 aliphatic heterocycles. The third-order valence-corrected chi connectivity index (χ3v) is 5.52. The summed E-state index contributed by atoms with van der Waals surface area (Å²) in [6.45, 7) is 2.30. The molecule has 1 fully saturated rings. The van der Waals surface area contributed by atoms with Crippen LogP contribution < -0.4 is 15.5 Å². The largest absolute Gasteiger partial charge is 0.376 e. The van der Waals surface area contributed by atoms with Crippen LogP contribution in [0.2, 0.25) is 0 Å². The Kier molecular flexibility index (Phi) is 6.10. The molecule has 2 aliphatic rings. The van der Waals surface area contributed by atoms with Crippen molar-refractivity contribution < 1.29 is 14.3 Å². The van der Waals surface area contributed by atoms with Crippen LogP contribution in [0.4, 0.5) is 11.4 Å². The third-order valence-electron chi connectivity index (χ3n) is 5.52. The Labute approximate surface area is 171 Å². The number of rotatable bonds is 6. The van der Waals surface area contributed by atoms with Gasteiger partial charge in [0, 0.05) is 36.6 Å². The van der Waals surface area contributed by atoms with Crippen LogP contribution >= 0.6 is 0 Å². The number of hydrogen-bond acceptors (Lipinski definition) is 4. The van der Waals surface area contributed by atoms with Gasteiger partial charge >= 0.3 is 0 Å². The summed E-state index contributed by atoms with van der Waals surface area (Å²) >= 11 is 0. The zero-order valence-electron chi connectivity index (χ0n) is 16.5. The lowest BCUT2D eigenvalue weighted by atomic mass is 10.0. The van der Waals surface area contributed by atoms with Crippen molar-refractivity contribution in [1.29, 1.82) is 0 Å². The fraction of sp³-hybridized carbons (Fsp3) is 0.391. The van der Waals surface area contributed by atoms with Crippen molar-refractivity contribution in [2.24, 2.45) is 0 Å². The monoisotopic (exact) mass is 393 g/mol. The number of carbonyl (C=O) groups excluding carboxylic acids is 2. The summed E-state index contributed by atoms with van der Waals surface area (Å²) in [5.74, 6) is -0.0522. The molecule has 0 bridgehead atoms. The van der Waals surface area contributed by atoms with E-state index in [0.29, 0.717) is 12.1 Å². The quantitative estimate of drug-likeness (QED) is 0.792. The number of amides is 2. The van der Waals surface area contributed by atoms with Gasteiger partial charge in [0.1, 0.15) is 0 Å². The fourth-order valence-corrected chi connectivity index (χ4v) is 3.92. The minimum absolute atomic E-state index is 0.0514. The molecule has 2 aromatic rings. The topological polar surface area (TPSA) is 70.7 Å². The van der Waals surface area contributed by atoms with Crippen molar-refractivity contribution in [3.63, 3.8) is 0 Å². The summed E-state index contributed by atoms with van der Waals surface area (Å²) in [7, 11) is 0. The molecule has 6 nitrogen and oxygen atoms in total. The summed E-state index contributed by atoms with van der Waals surface area (Å²) in [5.41, 5.74) is 3.67. The maximum absolute atomic E-state index is 12.7. The molecule has 4 rings (SSSR count). The summed E-state index contributed by atoms with van der Waals surface area (Å²) in [4.78, 5) is 26.8. The molecule has 0 saturated carbocycles. The molecule has 0 aromatic heterocycles. The summed E-state index contributed by atoms with van der Waals surface area (Å²) in [6, 6.07) is 15.3. The molecule has 152 valence electrons. The average molecular weight is 393 g/mol. The Hall–Kier alpha value is -2.86. The van der Waals surface area contributed by atoms with E-state index >= 15 is 0 Å². The molecule has 0 aliphatic carbocycles. The lowest BCUT2D eigenvalue weighted by Gasteiger charge is -2.29. The van der Waals surface area contributed by atoms with Crippen LogP contribution in [-0.2, 0) is 16.0 Å². The first-order valence-corrected chi connectivity index (χ1v) is 10.3. The minimum Gasteiger partial charge on any atom is -0.376 e. The molecule has 2 aromatic carbocycles. The Bertz CT molecular complexity index is 860. The van der Waals surface area contributed by atoms with Gasteiger partial charge in [0.2, 0.25) is 5.91 Å².